The molecular weight excluding hydrogens is 404 g/mol. The number of carbonyl (C=O) groups is 2. The van der Waals surface area contributed by atoms with Gasteiger partial charge in [0, 0.05) is 13.1 Å². The number of likely N-dealkylation sites (tertiary alicyclic amines) is 1. The van der Waals surface area contributed by atoms with Crippen LogP contribution in [0.4, 0.5) is 8.78 Å². The monoisotopic (exact) mass is 431 g/mol. The number of rotatable bonds is 6. The molecule has 1 aromatic carbocycles. The molecule has 1 unspecified atom stereocenters. The first-order chi connectivity index (χ1) is 13.4. The number of hydrogen-bond donors (Lipinski definition) is 2. The van der Waals surface area contributed by atoms with Crippen molar-refractivity contribution in [2.45, 2.75) is 45.3 Å². The van der Waals surface area contributed by atoms with Crippen molar-refractivity contribution < 1.29 is 23.1 Å². The van der Waals surface area contributed by atoms with Crippen molar-refractivity contribution in [2.24, 2.45) is 5.41 Å². The van der Waals surface area contributed by atoms with Crippen molar-refractivity contribution in [1.82, 2.24) is 15.5 Å². The zero-order valence-electron chi connectivity index (χ0n) is 16.5. The Morgan fingerprint density at radius 2 is 2.00 bits per heavy atom. The second-order valence-corrected chi connectivity index (χ2v) is 7.81. The second-order valence-electron chi connectivity index (χ2n) is 7.81. The number of hydrogen-bond acceptors (Lipinski definition) is 4. The van der Waals surface area contributed by atoms with Gasteiger partial charge in [0.2, 0.25) is 5.91 Å². The first-order valence-corrected chi connectivity index (χ1v) is 9.73. The van der Waals surface area contributed by atoms with Crippen molar-refractivity contribution in [3.8, 4) is 5.75 Å². The third-order valence-electron chi connectivity index (χ3n) is 5.65. The molecule has 2 aliphatic rings. The van der Waals surface area contributed by atoms with Crippen LogP contribution in [-0.4, -0.2) is 55.5 Å². The maximum Gasteiger partial charge on any atom is 0.387 e. The Morgan fingerprint density at radius 3 is 2.69 bits per heavy atom. The summed E-state index contributed by atoms with van der Waals surface area (Å²) >= 11 is 0. The van der Waals surface area contributed by atoms with Gasteiger partial charge in [-0.15, -0.1) is 12.4 Å². The van der Waals surface area contributed by atoms with Gasteiger partial charge in [0.25, 0.3) is 5.91 Å². The molecule has 0 spiro atoms. The van der Waals surface area contributed by atoms with Gasteiger partial charge in [0.15, 0.2) is 0 Å². The average Bonchev–Trinajstić information content (AvgIpc) is 3.16. The number of halogens is 3. The van der Waals surface area contributed by atoms with E-state index in [0.29, 0.717) is 25.9 Å². The lowest BCUT2D eigenvalue weighted by Gasteiger charge is -2.35. The van der Waals surface area contributed by atoms with Gasteiger partial charge in [-0.1, -0.05) is 19.1 Å². The van der Waals surface area contributed by atoms with Crippen LogP contribution >= 0.6 is 12.4 Å². The molecule has 2 amide bonds. The molecule has 9 heteroatoms. The fourth-order valence-electron chi connectivity index (χ4n) is 3.90. The summed E-state index contributed by atoms with van der Waals surface area (Å²) in [5, 5.41) is 6.32. The predicted octanol–water partition coefficient (Wildman–Crippen LogP) is 2.82. The molecule has 0 aromatic heterocycles. The molecule has 2 aliphatic heterocycles. The molecule has 29 heavy (non-hydrogen) atoms. The van der Waals surface area contributed by atoms with E-state index in [1.807, 2.05) is 0 Å². The molecule has 6 nitrogen and oxygen atoms in total. The lowest BCUT2D eigenvalue weighted by atomic mass is 9.81. The summed E-state index contributed by atoms with van der Waals surface area (Å²) < 4.78 is 29.8. The molecule has 0 radical (unpaired) electrons. The van der Waals surface area contributed by atoms with E-state index in [1.54, 1.807) is 6.07 Å². The van der Waals surface area contributed by atoms with E-state index in [1.165, 1.54) is 23.1 Å². The standard InChI is InChI=1S/C20H27F2N3O3.ClH/c1-20(8-10-23-11-9-20)13-24-17(26)15-6-4-12-25(15)18(27)14-5-2-3-7-16(14)28-19(21)22;/h2-3,5,7,15,19,23H,4,6,8-13H2,1H3,(H,24,26);1H. The minimum absolute atomic E-state index is 0. The molecule has 0 bridgehead atoms. The van der Waals surface area contributed by atoms with Crippen molar-refractivity contribution in [1.29, 1.82) is 0 Å². The fraction of sp³-hybridized carbons (Fsp3) is 0.600. The van der Waals surface area contributed by atoms with E-state index in [9.17, 15) is 18.4 Å². The van der Waals surface area contributed by atoms with Crippen molar-refractivity contribution >= 4 is 24.2 Å². The zero-order chi connectivity index (χ0) is 20.1. The van der Waals surface area contributed by atoms with Gasteiger partial charge < -0.3 is 20.3 Å². The highest BCUT2D eigenvalue weighted by atomic mass is 35.5. The highest BCUT2D eigenvalue weighted by Crippen LogP contribution is 2.28. The third kappa shape index (κ3) is 5.79. The van der Waals surface area contributed by atoms with Gasteiger partial charge >= 0.3 is 6.61 Å². The second kappa shape index (κ2) is 10.2. The summed E-state index contributed by atoms with van der Waals surface area (Å²) in [5.41, 5.74) is 0.0966. The smallest absolute Gasteiger partial charge is 0.387 e. The highest BCUT2D eigenvalue weighted by molar-refractivity contribution is 6.00. The van der Waals surface area contributed by atoms with Crippen LogP contribution in [0.15, 0.2) is 24.3 Å². The minimum Gasteiger partial charge on any atom is -0.434 e. The molecule has 2 heterocycles. The number of nitrogens with zero attached hydrogens (tertiary/aromatic N) is 1. The summed E-state index contributed by atoms with van der Waals surface area (Å²) in [5.74, 6) is -0.810. The topological polar surface area (TPSA) is 70.7 Å². The molecule has 1 atom stereocenters. The van der Waals surface area contributed by atoms with Crippen LogP contribution < -0.4 is 15.4 Å². The maximum absolute atomic E-state index is 12.9. The van der Waals surface area contributed by atoms with Crippen LogP contribution in [0.25, 0.3) is 0 Å². The van der Waals surface area contributed by atoms with Crippen LogP contribution in [0.1, 0.15) is 43.0 Å². The molecule has 0 saturated carbocycles. The molecule has 2 saturated heterocycles. The Kier molecular flexibility index (Phi) is 8.22. The van der Waals surface area contributed by atoms with Gasteiger partial charge in [0.05, 0.1) is 5.56 Å². The van der Waals surface area contributed by atoms with E-state index in [4.69, 9.17) is 0 Å². The minimum atomic E-state index is -3.02. The quantitative estimate of drug-likeness (QED) is 0.726. The normalized spacial score (nSPS) is 20.8. The maximum atomic E-state index is 12.9. The van der Waals surface area contributed by atoms with Gasteiger partial charge in [-0.05, 0) is 56.3 Å². The molecule has 2 fully saturated rings. The number of amides is 2. The number of para-hydroxylation sites is 1. The molecule has 2 N–H and O–H groups in total. The van der Waals surface area contributed by atoms with E-state index in [0.717, 1.165) is 25.9 Å². The lowest BCUT2D eigenvalue weighted by molar-refractivity contribution is -0.125. The summed E-state index contributed by atoms with van der Waals surface area (Å²) in [6, 6.07) is 5.32. The summed E-state index contributed by atoms with van der Waals surface area (Å²) in [4.78, 5) is 27.2. The van der Waals surface area contributed by atoms with Gasteiger partial charge in [0.1, 0.15) is 11.8 Å². The largest absolute Gasteiger partial charge is 0.434 e. The number of nitrogens with one attached hydrogen (secondary N) is 2. The van der Waals surface area contributed by atoms with Gasteiger partial charge in [-0.25, -0.2) is 0 Å². The van der Waals surface area contributed by atoms with Crippen molar-refractivity contribution in [3.63, 3.8) is 0 Å². The van der Waals surface area contributed by atoms with Crippen LogP contribution in [-0.2, 0) is 4.79 Å². The van der Waals surface area contributed by atoms with Crippen molar-refractivity contribution in [2.75, 3.05) is 26.2 Å². The Bertz CT molecular complexity index is 714. The average molecular weight is 432 g/mol. The molecular formula is C20H28ClF2N3O3. The van der Waals surface area contributed by atoms with Gasteiger partial charge in [-0.2, -0.15) is 8.78 Å². The van der Waals surface area contributed by atoms with E-state index in [-0.39, 0.29) is 35.0 Å². The van der Waals surface area contributed by atoms with E-state index < -0.39 is 18.6 Å². The summed E-state index contributed by atoms with van der Waals surface area (Å²) in [6.45, 7) is 1.99. The Balaban J connectivity index is 0.00000300. The lowest BCUT2D eigenvalue weighted by Crippen LogP contribution is -2.49. The first-order valence-electron chi connectivity index (χ1n) is 9.73. The Morgan fingerprint density at radius 1 is 1.31 bits per heavy atom. The van der Waals surface area contributed by atoms with Crippen LogP contribution in [0.5, 0.6) is 5.75 Å². The molecule has 1 aromatic rings. The Labute approximate surface area is 175 Å². The summed E-state index contributed by atoms with van der Waals surface area (Å²) in [6.07, 6.45) is 3.23. The van der Waals surface area contributed by atoms with Gasteiger partial charge in [-0.3, -0.25) is 9.59 Å². The number of carbonyl (C=O) groups excluding carboxylic acids is 2. The highest BCUT2D eigenvalue weighted by Gasteiger charge is 2.36. The molecule has 3 rings (SSSR count). The van der Waals surface area contributed by atoms with Crippen molar-refractivity contribution in [3.05, 3.63) is 29.8 Å². The molecule has 0 aliphatic carbocycles. The zero-order valence-corrected chi connectivity index (χ0v) is 17.3. The first kappa shape index (κ1) is 23.3. The Hall–Kier alpha value is -1.93. The predicted molar refractivity (Wildman–Crippen MR) is 108 cm³/mol. The van der Waals surface area contributed by atoms with Crippen LogP contribution in [0.3, 0.4) is 0 Å². The third-order valence-corrected chi connectivity index (χ3v) is 5.65. The molecule has 162 valence electrons. The van der Waals surface area contributed by atoms with Crippen LogP contribution in [0.2, 0.25) is 0 Å². The summed E-state index contributed by atoms with van der Waals surface area (Å²) in [7, 11) is 0. The van der Waals surface area contributed by atoms with E-state index >= 15 is 0 Å². The van der Waals surface area contributed by atoms with E-state index in [2.05, 4.69) is 22.3 Å². The number of ether oxygens (including phenoxy) is 1. The number of piperidine rings is 1. The number of benzene rings is 1. The number of alkyl halides is 2. The van der Waals surface area contributed by atoms with Crippen LogP contribution in [0, 0.1) is 5.41 Å². The fourth-order valence-corrected chi connectivity index (χ4v) is 3.90. The SMILES string of the molecule is CC1(CNC(=O)C2CCCN2C(=O)c2ccccc2OC(F)F)CCNCC1.Cl.